The number of para-hydroxylation sites is 2. The minimum absolute atomic E-state index is 0.127. The zero-order valence-corrected chi connectivity index (χ0v) is 21.8. The van der Waals surface area contributed by atoms with Crippen molar-refractivity contribution in [3.05, 3.63) is 48.0 Å². The Morgan fingerprint density at radius 2 is 1.47 bits per heavy atom. The molecule has 0 spiro atoms. The number of anilines is 1. The van der Waals surface area contributed by atoms with Gasteiger partial charge in [0.05, 0.1) is 25.5 Å². The SMILES string of the molecule is COc1ccccc1NC(=O)COc1ccc(C(=O)OCC(=O)NC23CC4CC(CC(C4)C2)C3)cc1OC. The fourth-order valence-electron chi connectivity index (χ4n) is 6.80. The number of carbonyl (C=O) groups is 3. The molecule has 2 amide bonds. The molecule has 0 atom stereocenters. The van der Waals surface area contributed by atoms with Gasteiger partial charge in [-0.25, -0.2) is 4.79 Å². The van der Waals surface area contributed by atoms with Crippen LogP contribution in [0.3, 0.4) is 0 Å². The van der Waals surface area contributed by atoms with Crippen LogP contribution in [0.2, 0.25) is 0 Å². The van der Waals surface area contributed by atoms with E-state index in [4.69, 9.17) is 18.9 Å². The molecule has 0 unspecified atom stereocenters. The normalized spacial score (nSPS) is 24.8. The molecule has 4 bridgehead atoms. The first kappa shape index (κ1) is 25.9. The summed E-state index contributed by atoms with van der Waals surface area (Å²) < 4.78 is 21.5. The summed E-state index contributed by atoms with van der Waals surface area (Å²) in [6, 6.07) is 11.6. The van der Waals surface area contributed by atoms with E-state index in [0.717, 1.165) is 19.3 Å². The van der Waals surface area contributed by atoms with Crippen LogP contribution >= 0.6 is 0 Å². The molecule has 0 heterocycles. The van der Waals surface area contributed by atoms with E-state index in [9.17, 15) is 14.4 Å². The van der Waals surface area contributed by atoms with Crippen molar-refractivity contribution < 1.29 is 33.3 Å². The zero-order valence-electron chi connectivity index (χ0n) is 21.8. The number of hydrogen-bond acceptors (Lipinski definition) is 7. The van der Waals surface area contributed by atoms with E-state index in [-0.39, 0.29) is 41.9 Å². The van der Waals surface area contributed by atoms with Gasteiger partial charge in [-0.3, -0.25) is 9.59 Å². The number of carbonyl (C=O) groups excluding carboxylic acids is 3. The smallest absolute Gasteiger partial charge is 0.338 e. The highest BCUT2D eigenvalue weighted by Gasteiger charge is 2.51. The van der Waals surface area contributed by atoms with Crippen LogP contribution in [0, 0.1) is 17.8 Å². The average Bonchev–Trinajstić information content (AvgIpc) is 2.89. The van der Waals surface area contributed by atoms with Crippen molar-refractivity contribution in [1.82, 2.24) is 5.32 Å². The summed E-state index contributed by atoms with van der Waals surface area (Å²) in [5, 5.41) is 5.94. The molecule has 4 aliphatic carbocycles. The highest BCUT2D eigenvalue weighted by atomic mass is 16.5. The van der Waals surface area contributed by atoms with E-state index in [0.29, 0.717) is 34.9 Å². The molecule has 2 aromatic carbocycles. The second-order valence-corrected chi connectivity index (χ2v) is 10.7. The summed E-state index contributed by atoms with van der Waals surface area (Å²) in [5.74, 6) is 1.95. The van der Waals surface area contributed by atoms with Crippen LogP contribution in [-0.4, -0.2) is 50.8 Å². The van der Waals surface area contributed by atoms with Crippen molar-refractivity contribution in [2.45, 2.75) is 44.1 Å². The predicted molar refractivity (Wildman–Crippen MR) is 139 cm³/mol. The van der Waals surface area contributed by atoms with Gasteiger partial charge in [-0.05, 0) is 86.6 Å². The number of hydrogen-bond donors (Lipinski definition) is 2. The lowest BCUT2D eigenvalue weighted by molar-refractivity contribution is -0.130. The molecule has 202 valence electrons. The Balaban J connectivity index is 1.12. The van der Waals surface area contributed by atoms with Crippen LogP contribution in [0.4, 0.5) is 5.69 Å². The van der Waals surface area contributed by atoms with Crippen LogP contribution in [0.1, 0.15) is 48.9 Å². The van der Waals surface area contributed by atoms with Crippen LogP contribution in [0.5, 0.6) is 17.2 Å². The highest BCUT2D eigenvalue weighted by Crippen LogP contribution is 2.55. The van der Waals surface area contributed by atoms with E-state index in [2.05, 4.69) is 10.6 Å². The topological polar surface area (TPSA) is 112 Å². The molecule has 2 N–H and O–H groups in total. The molecule has 0 radical (unpaired) electrons. The molecule has 9 heteroatoms. The van der Waals surface area contributed by atoms with Crippen molar-refractivity contribution >= 4 is 23.5 Å². The van der Waals surface area contributed by atoms with Crippen LogP contribution in [-0.2, 0) is 14.3 Å². The highest BCUT2D eigenvalue weighted by molar-refractivity contribution is 5.94. The quantitative estimate of drug-likeness (QED) is 0.454. The fourth-order valence-corrected chi connectivity index (χ4v) is 6.80. The summed E-state index contributed by atoms with van der Waals surface area (Å²) in [5.41, 5.74) is 0.620. The Morgan fingerprint density at radius 1 is 0.816 bits per heavy atom. The van der Waals surface area contributed by atoms with E-state index >= 15 is 0 Å². The van der Waals surface area contributed by atoms with Gasteiger partial charge in [-0.2, -0.15) is 0 Å². The lowest BCUT2D eigenvalue weighted by atomic mass is 9.53. The predicted octanol–water partition coefficient (Wildman–Crippen LogP) is 3.96. The monoisotopic (exact) mass is 522 g/mol. The third-order valence-electron chi connectivity index (χ3n) is 7.92. The summed E-state index contributed by atoms with van der Waals surface area (Å²) in [6.45, 7) is -0.604. The Bertz CT molecular complexity index is 1180. The maximum Gasteiger partial charge on any atom is 0.338 e. The Labute approximate surface area is 222 Å². The molecule has 9 nitrogen and oxygen atoms in total. The third kappa shape index (κ3) is 5.71. The summed E-state index contributed by atoms with van der Waals surface area (Å²) in [6.07, 6.45) is 6.98. The van der Waals surface area contributed by atoms with E-state index in [1.807, 2.05) is 0 Å². The van der Waals surface area contributed by atoms with Gasteiger partial charge in [-0.15, -0.1) is 0 Å². The molecule has 4 fully saturated rings. The van der Waals surface area contributed by atoms with Crippen molar-refractivity contribution in [3.8, 4) is 17.2 Å². The van der Waals surface area contributed by atoms with Crippen LogP contribution in [0.25, 0.3) is 0 Å². The lowest BCUT2D eigenvalue weighted by Gasteiger charge is -2.56. The third-order valence-corrected chi connectivity index (χ3v) is 7.92. The van der Waals surface area contributed by atoms with Crippen molar-refractivity contribution in [2.24, 2.45) is 17.8 Å². The van der Waals surface area contributed by atoms with Crippen molar-refractivity contribution in [3.63, 3.8) is 0 Å². The van der Waals surface area contributed by atoms with Crippen molar-refractivity contribution in [1.29, 1.82) is 0 Å². The largest absolute Gasteiger partial charge is 0.495 e. The minimum Gasteiger partial charge on any atom is -0.495 e. The Kier molecular flexibility index (Phi) is 7.44. The molecule has 4 saturated carbocycles. The summed E-state index contributed by atoms with van der Waals surface area (Å²) >= 11 is 0. The molecule has 0 aromatic heterocycles. The number of nitrogens with one attached hydrogen (secondary N) is 2. The van der Waals surface area contributed by atoms with Gasteiger partial charge < -0.3 is 29.6 Å². The molecule has 38 heavy (non-hydrogen) atoms. The fraction of sp³-hybridized carbons (Fsp3) is 0.483. The van der Waals surface area contributed by atoms with Gasteiger partial charge in [0.1, 0.15) is 5.75 Å². The average molecular weight is 523 g/mol. The van der Waals surface area contributed by atoms with Gasteiger partial charge in [-0.1, -0.05) is 12.1 Å². The van der Waals surface area contributed by atoms with Crippen molar-refractivity contribution in [2.75, 3.05) is 32.8 Å². The van der Waals surface area contributed by atoms with Crippen LogP contribution in [0.15, 0.2) is 42.5 Å². The first-order valence-electron chi connectivity index (χ1n) is 13.1. The lowest BCUT2D eigenvalue weighted by Crippen LogP contribution is -2.60. The molecule has 6 rings (SSSR count). The molecule has 2 aromatic rings. The standard InChI is InChI=1S/C29H34N2O7/c1-35-23-6-4-3-5-22(23)30-26(32)16-37-24-8-7-21(12-25(24)36-2)28(34)38-17-27(33)31-29-13-18-9-19(14-29)11-20(10-18)15-29/h3-8,12,18-20H,9-11,13-17H2,1-2H3,(H,30,32)(H,31,33). The van der Waals surface area contributed by atoms with E-state index < -0.39 is 5.97 Å². The number of benzene rings is 2. The number of rotatable bonds is 10. The first-order valence-corrected chi connectivity index (χ1v) is 13.1. The molecular formula is C29H34N2O7. The maximum atomic E-state index is 12.7. The number of methoxy groups -OCH3 is 2. The molecule has 0 aliphatic heterocycles. The van der Waals surface area contributed by atoms with Gasteiger partial charge >= 0.3 is 5.97 Å². The van der Waals surface area contributed by atoms with Gasteiger partial charge in [0.25, 0.3) is 11.8 Å². The van der Waals surface area contributed by atoms with Gasteiger partial charge in [0, 0.05) is 5.54 Å². The van der Waals surface area contributed by atoms with E-state index in [1.165, 1.54) is 51.7 Å². The zero-order chi connectivity index (χ0) is 26.7. The molecule has 4 aliphatic rings. The van der Waals surface area contributed by atoms with Crippen LogP contribution < -0.4 is 24.8 Å². The second kappa shape index (κ2) is 10.9. The van der Waals surface area contributed by atoms with Gasteiger partial charge in [0.15, 0.2) is 24.7 Å². The Hall–Kier alpha value is -3.75. The van der Waals surface area contributed by atoms with Gasteiger partial charge in [0.2, 0.25) is 0 Å². The number of ether oxygens (including phenoxy) is 4. The number of esters is 1. The minimum atomic E-state index is -0.635. The first-order chi connectivity index (χ1) is 18.4. The second-order valence-electron chi connectivity index (χ2n) is 10.7. The summed E-state index contributed by atoms with van der Waals surface area (Å²) in [4.78, 5) is 37.7. The van der Waals surface area contributed by atoms with E-state index in [1.54, 1.807) is 24.3 Å². The molecular weight excluding hydrogens is 488 g/mol. The maximum absolute atomic E-state index is 12.7. The summed E-state index contributed by atoms with van der Waals surface area (Å²) in [7, 11) is 2.96. The molecule has 0 saturated heterocycles. The number of amides is 2. The Morgan fingerprint density at radius 3 is 2.13 bits per heavy atom.